The Morgan fingerprint density at radius 1 is 1.22 bits per heavy atom. The zero-order valence-electron chi connectivity index (χ0n) is 12.3. The molecule has 1 atom stereocenters. The van der Waals surface area contributed by atoms with Crippen molar-refractivity contribution in [2.24, 2.45) is 0 Å². The second-order valence-corrected chi connectivity index (χ2v) is 6.01. The molecule has 1 aliphatic heterocycles. The highest BCUT2D eigenvalue weighted by molar-refractivity contribution is 9.10. The minimum atomic E-state index is -0.677. The van der Waals surface area contributed by atoms with E-state index < -0.39 is 6.10 Å². The Bertz CT molecular complexity index is 719. The van der Waals surface area contributed by atoms with Gasteiger partial charge in [0, 0.05) is 11.0 Å². The van der Waals surface area contributed by atoms with Crippen LogP contribution >= 0.6 is 15.9 Å². The first-order valence-electron chi connectivity index (χ1n) is 7.25. The van der Waals surface area contributed by atoms with Gasteiger partial charge in [0.2, 0.25) is 6.79 Å². The molecular formula is C17H16BrNO4. The second-order valence-electron chi connectivity index (χ2n) is 5.15. The fourth-order valence-electron chi connectivity index (χ4n) is 2.35. The van der Waals surface area contributed by atoms with Gasteiger partial charge in [0.1, 0.15) is 0 Å². The third kappa shape index (κ3) is 3.65. The number of halogens is 1. The van der Waals surface area contributed by atoms with Crippen LogP contribution in [0.5, 0.6) is 11.5 Å². The molecule has 0 fully saturated rings. The number of fused-ring (bicyclic) bond motifs is 1. The number of rotatable bonds is 5. The van der Waals surface area contributed by atoms with Crippen molar-refractivity contribution in [2.75, 3.05) is 13.3 Å². The lowest BCUT2D eigenvalue weighted by molar-refractivity contribution is 0.0941. The lowest BCUT2D eigenvalue weighted by Crippen LogP contribution is -2.25. The molecule has 0 bridgehead atoms. The Balaban J connectivity index is 1.54. The van der Waals surface area contributed by atoms with E-state index in [-0.39, 0.29) is 12.7 Å². The van der Waals surface area contributed by atoms with Crippen LogP contribution in [0, 0.1) is 0 Å². The van der Waals surface area contributed by atoms with Crippen molar-refractivity contribution in [3.05, 3.63) is 58.1 Å². The summed E-state index contributed by atoms with van der Waals surface area (Å²) in [5.74, 6) is 1.15. The zero-order chi connectivity index (χ0) is 16.2. The van der Waals surface area contributed by atoms with E-state index in [0.29, 0.717) is 30.0 Å². The van der Waals surface area contributed by atoms with Crippen molar-refractivity contribution in [3.63, 3.8) is 0 Å². The zero-order valence-corrected chi connectivity index (χ0v) is 13.9. The SMILES string of the molecule is O=C(NCCC(O)c1ccc2c(c1)OCO2)c1ccccc1Br. The second kappa shape index (κ2) is 7.02. The molecule has 0 aliphatic carbocycles. The summed E-state index contributed by atoms with van der Waals surface area (Å²) in [6.45, 7) is 0.576. The molecular weight excluding hydrogens is 362 g/mol. The molecule has 2 aromatic carbocycles. The van der Waals surface area contributed by atoms with Crippen LogP contribution in [0.3, 0.4) is 0 Å². The molecule has 0 aromatic heterocycles. The molecule has 2 aromatic rings. The molecule has 3 rings (SSSR count). The summed E-state index contributed by atoms with van der Waals surface area (Å²) in [6.07, 6.45) is -0.264. The van der Waals surface area contributed by atoms with Gasteiger partial charge in [-0.3, -0.25) is 4.79 Å². The van der Waals surface area contributed by atoms with E-state index in [2.05, 4.69) is 21.2 Å². The van der Waals surface area contributed by atoms with Gasteiger partial charge in [-0.25, -0.2) is 0 Å². The Morgan fingerprint density at radius 2 is 2.00 bits per heavy atom. The van der Waals surface area contributed by atoms with Gasteiger partial charge in [0.15, 0.2) is 11.5 Å². The lowest BCUT2D eigenvalue weighted by Gasteiger charge is -2.12. The Hall–Kier alpha value is -2.05. The highest BCUT2D eigenvalue weighted by Gasteiger charge is 2.17. The number of hydrogen-bond donors (Lipinski definition) is 2. The number of ether oxygens (including phenoxy) is 2. The van der Waals surface area contributed by atoms with Crippen molar-refractivity contribution in [3.8, 4) is 11.5 Å². The predicted octanol–water partition coefficient (Wildman–Crippen LogP) is 3.03. The number of hydrogen-bond acceptors (Lipinski definition) is 4. The van der Waals surface area contributed by atoms with Gasteiger partial charge in [-0.05, 0) is 52.2 Å². The minimum absolute atomic E-state index is 0.171. The van der Waals surface area contributed by atoms with Gasteiger partial charge < -0.3 is 19.9 Å². The van der Waals surface area contributed by atoms with Crippen molar-refractivity contribution in [1.82, 2.24) is 5.32 Å². The molecule has 0 radical (unpaired) electrons. The average Bonchev–Trinajstić information content (AvgIpc) is 3.02. The molecule has 1 unspecified atom stereocenters. The number of carbonyl (C=O) groups is 1. The molecule has 1 amide bonds. The summed E-state index contributed by atoms with van der Waals surface area (Å²) in [4.78, 5) is 12.1. The maximum Gasteiger partial charge on any atom is 0.252 e. The topological polar surface area (TPSA) is 67.8 Å². The molecule has 120 valence electrons. The maximum atomic E-state index is 12.1. The third-order valence-corrected chi connectivity index (χ3v) is 4.29. The first-order valence-corrected chi connectivity index (χ1v) is 8.05. The Morgan fingerprint density at radius 3 is 2.83 bits per heavy atom. The van der Waals surface area contributed by atoms with Gasteiger partial charge in [-0.1, -0.05) is 18.2 Å². The third-order valence-electron chi connectivity index (χ3n) is 3.60. The normalized spacial score (nSPS) is 13.7. The van der Waals surface area contributed by atoms with Gasteiger partial charge in [-0.2, -0.15) is 0 Å². The van der Waals surface area contributed by atoms with Gasteiger partial charge in [0.05, 0.1) is 11.7 Å². The number of benzene rings is 2. The highest BCUT2D eigenvalue weighted by Crippen LogP contribution is 2.34. The van der Waals surface area contributed by atoms with Gasteiger partial charge >= 0.3 is 0 Å². The predicted molar refractivity (Wildman–Crippen MR) is 88.6 cm³/mol. The Kier molecular flexibility index (Phi) is 4.83. The number of amides is 1. The fourth-order valence-corrected chi connectivity index (χ4v) is 2.81. The fraction of sp³-hybridized carbons (Fsp3) is 0.235. The molecule has 0 saturated carbocycles. The summed E-state index contributed by atoms with van der Waals surface area (Å²) in [5.41, 5.74) is 1.31. The van der Waals surface area contributed by atoms with Crippen LogP contribution < -0.4 is 14.8 Å². The number of aliphatic hydroxyl groups excluding tert-OH is 1. The highest BCUT2D eigenvalue weighted by atomic mass is 79.9. The number of aliphatic hydroxyl groups is 1. The van der Waals surface area contributed by atoms with Crippen LogP contribution in [0.15, 0.2) is 46.9 Å². The van der Waals surface area contributed by atoms with E-state index in [1.807, 2.05) is 12.1 Å². The van der Waals surface area contributed by atoms with E-state index in [4.69, 9.17) is 9.47 Å². The van der Waals surface area contributed by atoms with E-state index in [1.54, 1.807) is 30.3 Å². The van der Waals surface area contributed by atoms with Crippen LogP contribution in [0.2, 0.25) is 0 Å². The molecule has 0 spiro atoms. The van der Waals surface area contributed by atoms with Gasteiger partial charge in [-0.15, -0.1) is 0 Å². The van der Waals surface area contributed by atoms with E-state index in [9.17, 15) is 9.90 Å². The lowest BCUT2D eigenvalue weighted by atomic mass is 10.1. The standard InChI is InChI=1S/C17H16BrNO4/c18-13-4-2-1-3-12(13)17(21)19-8-7-14(20)11-5-6-15-16(9-11)23-10-22-15/h1-6,9,14,20H,7-8,10H2,(H,19,21). The summed E-state index contributed by atoms with van der Waals surface area (Å²) in [5, 5.41) is 13.0. The van der Waals surface area contributed by atoms with Crippen LogP contribution in [0.4, 0.5) is 0 Å². The first kappa shape index (κ1) is 15.8. The van der Waals surface area contributed by atoms with Crippen molar-refractivity contribution >= 4 is 21.8 Å². The minimum Gasteiger partial charge on any atom is -0.454 e. The van der Waals surface area contributed by atoms with Crippen LogP contribution in [-0.4, -0.2) is 24.4 Å². The van der Waals surface area contributed by atoms with Crippen LogP contribution in [0.25, 0.3) is 0 Å². The molecule has 2 N–H and O–H groups in total. The molecule has 23 heavy (non-hydrogen) atoms. The quantitative estimate of drug-likeness (QED) is 0.840. The van der Waals surface area contributed by atoms with Crippen LogP contribution in [0.1, 0.15) is 28.4 Å². The monoisotopic (exact) mass is 377 g/mol. The molecule has 1 heterocycles. The van der Waals surface area contributed by atoms with Gasteiger partial charge in [0.25, 0.3) is 5.91 Å². The summed E-state index contributed by atoms with van der Waals surface area (Å²) < 4.78 is 11.3. The molecule has 5 nitrogen and oxygen atoms in total. The van der Waals surface area contributed by atoms with Crippen molar-refractivity contribution in [2.45, 2.75) is 12.5 Å². The molecule has 6 heteroatoms. The largest absolute Gasteiger partial charge is 0.454 e. The summed E-state index contributed by atoms with van der Waals surface area (Å²) in [7, 11) is 0. The van der Waals surface area contributed by atoms with Crippen molar-refractivity contribution < 1.29 is 19.4 Å². The molecule has 0 saturated heterocycles. The molecule has 1 aliphatic rings. The van der Waals surface area contributed by atoms with Crippen molar-refractivity contribution in [1.29, 1.82) is 0 Å². The number of nitrogens with one attached hydrogen (secondary N) is 1. The van der Waals surface area contributed by atoms with Crippen LogP contribution in [-0.2, 0) is 0 Å². The smallest absolute Gasteiger partial charge is 0.252 e. The van der Waals surface area contributed by atoms with E-state index >= 15 is 0 Å². The average molecular weight is 378 g/mol. The number of carbonyl (C=O) groups excluding carboxylic acids is 1. The van der Waals surface area contributed by atoms with E-state index in [0.717, 1.165) is 10.0 Å². The summed E-state index contributed by atoms with van der Waals surface area (Å²) in [6, 6.07) is 12.6. The maximum absolute atomic E-state index is 12.1. The Labute approximate surface area is 142 Å². The summed E-state index contributed by atoms with van der Waals surface area (Å²) >= 11 is 3.35. The van der Waals surface area contributed by atoms with E-state index in [1.165, 1.54) is 0 Å². The first-order chi connectivity index (χ1) is 11.1.